The summed E-state index contributed by atoms with van der Waals surface area (Å²) in [7, 11) is -0.295. The minimum absolute atomic E-state index is 0.295. The van der Waals surface area contributed by atoms with E-state index in [1.807, 2.05) is 0 Å². The summed E-state index contributed by atoms with van der Waals surface area (Å²) in [6.45, 7) is 4.85. The Labute approximate surface area is 112 Å². The Kier molecular flexibility index (Phi) is 4.61. The van der Waals surface area contributed by atoms with Crippen LogP contribution in [0.5, 0.6) is 0 Å². The van der Waals surface area contributed by atoms with Crippen molar-refractivity contribution < 1.29 is 0 Å². The second-order valence-electron chi connectivity index (χ2n) is 4.30. The first kappa shape index (κ1) is 12.6. The van der Waals surface area contributed by atoms with Gasteiger partial charge in [-0.15, -0.1) is 0 Å². The average molecular weight is 304 g/mol. The summed E-state index contributed by atoms with van der Waals surface area (Å²) in [5.41, 5.74) is 1.52. The second kappa shape index (κ2) is 6.20. The van der Waals surface area contributed by atoms with Crippen LogP contribution in [0.4, 0.5) is 0 Å². The molecule has 0 nitrogen and oxygen atoms in total. The summed E-state index contributed by atoms with van der Waals surface area (Å²) in [5, 5.41) is 0. The molecular formula is C15H17SeSi. The zero-order chi connectivity index (χ0) is 12.1. The van der Waals surface area contributed by atoms with Crippen LogP contribution < -0.4 is 4.46 Å². The molecule has 1 unspecified atom stereocenters. The van der Waals surface area contributed by atoms with Gasteiger partial charge in [0.25, 0.3) is 0 Å². The van der Waals surface area contributed by atoms with Gasteiger partial charge in [-0.25, -0.2) is 0 Å². The van der Waals surface area contributed by atoms with E-state index in [0.29, 0.717) is 15.0 Å². The Balaban J connectivity index is 2.20. The van der Waals surface area contributed by atoms with Crippen molar-refractivity contribution in [1.29, 1.82) is 0 Å². The van der Waals surface area contributed by atoms with Gasteiger partial charge in [0.15, 0.2) is 0 Å². The first-order chi connectivity index (χ1) is 8.27. The topological polar surface area (TPSA) is 0 Å². The standard InChI is InChI=1S/C15H17SeSi/c1-17(2)15(13-9-5-3-6-10-13)16-14-11-7-4-8-12-14/h3-12,15H,1-2H3. The monoisotopic (exact) mass is 305 g/mol. The zero-order valence-corrected chi connectivity index (χ0v) is 13.0. The van der Waals surface area contributed by atoms with Crippen LogP contribution >= 0.6 is 0 Å². The third-order valence-corrected chi connectivity index (χ3v) is 9.79. The molecule has 0 aliphatic heterocycles. The van der Waals surface area contributed by atoms with Gasteiger partial charge in [-0.1, -0.05) is 0 Å². The van der Waals surface area contributed by atoms with E-state index in [4.69, 9.17) is 0 Å². The molecule has 1 radical (unpaired) electrons. The summed E-state index contributed by atoms with van der Waals surface area (Å²) in [5.74, 6) is 0. The Morgan fingerprint density at radius 1 is 0.824 bits per heavy atom. The molecule has 2 aromatic rings. The molecule has 2 aromatic carbocycles. The Bertz CT molecular complexity index is 439. The number of rotatable bonds is 4. The van der Waals surface area contributed by atoms with Gasteiger partial charge < -0.3 is 0 Å². The third-order valence-electron chi connectivity index (χ3n) is 2.62. The van der Waals surface area contributed by atoms with Gasteiger partial charge in [0.05, 0.1) is 0 Å². The molecule has 0 fully saturated rings. The summed E-state index contributed by atoms with van der Waals surface area (Å²) >= 11 is 0.556. The molecule has 2 heteroatoms. The van der Waals surface area contributed by atoms with Crippen molar-refractivity contribution >= 4 is 28.2 Å². The summed E-state index contributed by atoms with van der Waals surface area (Å²) in [6, 6.07) is 21.9. The maximum absolute atomic E-state index is 2.42. The molecule has 0 amide bonds. The summed E-state index contributed by atoms with van der Waals surface area (Å²) in [6.07, 6.45) is 0. The molecule has 0 bridgehead atoms. The molecule has 0 N–H and O–H groups in total. The number of hydrogen-bond donors (Lipinski definition) is 0. The van der Waals surface area contributed by atoms with Crippen LogP contribution in [-0.4, -0.2) is 23.8 Å². The van der Waals surface area contributed by atoms with Gasteiger partial charge in [-0.3, -0.25) is 0 Å². The van der Waals surface area contributed by atoms with E-state index in [1.165, 1.54) is 10.0 Å². The van der Waals surface area contributed by atoms with Gasteiger partial charge in [0.2, 0.25) is 0 Å². The fraction of sp³-hybridized carbons (Fsp3) is 0.200. The first-order valence-electron chi connectivity index (χ1n) is 5.84. The van der Waals surface area contributed by atoms with Gasteiger partial charge in [0, 0.05) is 0 Å². The Hall–Kier alpha value is -0.824. The maximum atomic E-state index is 2.42. The SMILES string of the molecule is C[Si](C)C([Se]c1ccccc1)c1ccccc1. The molecule has 0 spiro atoms. The van der Waals surface area contributed by atoms with E-state index in [0.717, 1.165) is 4.44 Å². The van der Waals surface area contributed by atoms with Crippen molar-refractivity contribution in [3.05, 3.63) is 66.2 Å². The normalized spacial score (nSPS) is 12.6. The molecule has 0 saturated carbocycles. The van der Waals surface area contributed by atoms with Crippen LogP contribution in [-0.2, 0) is 0 Å². The van der Waals surface area contributed by atoms with E-state index in [1.54, 1.807) is 0 Å². The van der Waals surface area contributed by atoms with E-state index in [2.05, 4.69) is 73.8 Å². The van der Waals surface area contributed by atoms with Crippen LogP contribution in [0.15, 0.2) is 60.7 Å². The first-order valence-corrected chi connectivity index (χ1v) is 10.3. The van der Waals surface area contributed by atoms with Gasteiger partial charge in [0.1, 0.15) is 0 Å². The molecule has 17 heavy (non-hydrogen) atoms. The van der Waals surface area contributed by atoms with Crippen LogP contribution in [0.3, 0.4) is 0 Å². The van der Waals surface area contributed by atoms with E-state index in [-0.39, 0.29) is 8.80 Å². The average Bonchev–Trinajstić information content (AvgIpc) is 2.38. The van der Waals surface area contributed by atoms with Crippen molar-refractivity contribution in [2.45, 2.75) is 17.5 Å². The van der Waals surface area contributed by atoms with Crippen molar-refractivity contribution in [1.82, 2.24) is 0 Å². The molecule has 2 rings (SSSR count). The minimum atomic E-state index is -0.295. The molecule has 0 aliphatic carbocycles. The fourth-order valence-electron chi connectivity index (χ4n) is 1.78. The number of benzene rings is 2. The van der Waals surface area contributed by atoms with Crippen LogP contribution in [0.1, 0.15) is 10.0 Å². The molecule has 0 heterocycles. The molecule has 0 saturated heterocycles. The van der Waals surface area contributed by atoms with Crippen molar-refractivity contribution in [3.63, 3.8) is 0 Å². The van der Waals surface area contributed by atoms with E-state index >= 15 is 0 Å². The summed E-state index contributed by atoms with van der Waals surface area (Å²) in [4.78, 5) is 0. The van der Waals surface area contributed by atoms with Gasteiger partial charge >= 0.3 is 112 Å². The van der Waals surface area contributed by atoms with Gasteiger partial charge in [-0.2, -0.15) is 0 Å². The van der Waals surface area contributed by atoms with Crippen LogP contribution in [0, 0.1) is 0 Å². The van der Waals surface area contributed by atoms with Crippen molar-refractivity contribution in [3.8, 4) is 0 Å². The molecular weight excluding hydrogens is 287 g/mol. The zero-order valence-electron chi connectivity index (χ0n) is 10.3. The Morgan fingerprint density at radius 3 is 1.88 bits per heavy atom. The number of hydrogen-bond acceptors (Lipinski definition) is 0. The molecule has 1 atom stereocenters. The second-order valence-corrected chi connectivity index (χ2v) is 10.4. The predicted molar refractivity (Wildman–Crippen MR) is 78.5 cm³/mol. The van der Waals surface area contributed by atoms with Crippen molar-refractivity contribution in [2.75, 3.05) is 0 Å². The van der Waals surface area contributed by atoms with Gasteiger partial charge in [-0.05, 0) is 0 Å². The quantitative estimate of drug-likeness (QED) is 0.762. The molecule has 0 aliphatic rings. The molecule has 0 aromatic heterocycles. The molecule has 87 valence electrons. The predicted octanol–water partition coefficient (Wildman–Crippen LogP) is 3.05. The van der Waals surface area contributed by atoms with Crippen LogP contribution in [0.25, 0.3) is 0 Å². The van der Waals surface area contributed by atoms with Crippen molar-refractivity contribution in [2.24, 2.45) is 0 Å². The summed E-state index contributed by atoms with van der Waals surface area (Å²) < 4.78 is 2.29. The fourth-order valence-corrected chi connectivity index (χ4v) is 6.91. The van der Waals surface area contributed by atoms with Crippen LogP contribution in [0.2, 0.25) is 13.1 Å². The Morgan fingerprint density at radius 2 is 1.35 bits per heavy atom. The van der Waals surface area contributed by atoms with E-state index < -0.39 is 0 Å². The van der Waals surface area contributed by atoms with E-state index in [9.17, 15) is 0 Å². The third kappa shape index (κ3) is 3.57.